The maximum Gasteiger partial charge on any atom is 0.346 e. The van der Waals surface area contributed by atoms with E-state index >= 15 is 0 Å². The first-order chi connectivity index (χ1) is 26.4. The summed E-state index contributed by atoms with van der Waals surface area (Å²) in [5.41, 5.74) is 1.99. The van der Waals surface area contributed by atoms with E-state index in [-0.39, 0.29) is 39.3 Å². The van der Waals surface area contributed by atoms with E-state index in [4.69, 9.17) is 14.1 Å². The van der Waals surface area contributed by atoms with Crippen molar-refractivity contribution in [2.45, 2.75) is 28.5 Å². The highest BCUT2D eigenvalue weighted by Gasteiger charge is 2.23. The Morgan fingerprint density at radius 1 is 0.661 bits per heavy atom. The third-order valence-electron chi connectivity index (χ3n) is 8.94. The van der Waals surface area contributed by atoms with Gasteiger partial charge in [0.2, 0.25) is 0 Å². The summed E-state index contributed by atoms with van der Waals surface area (Å²) >= 11 is 1.25. The van der Waals surface area contributed by atoms with E-state index < -0.39 is 50.7 Å². The van der Waals surface area contributed by atoms with Gasteiger partial charge in [0.15, 0.2) is 0 Å². The minimum absolute atomic E-state index is 0.00864. The Balaban J connectivity index is 1.35. The highest BCUT2D eigenvalue weighted by molar-refractivity contribution is 7.86. The molecule has 0 aliphatic rings. The lowest BCUT2D eigenvalue weighted by molar-refractivity contribution is 0.479. The number of benzene rings is 5. The van der Waals surface area contributed by atoms with Crippen molar-refractivity contribution in [1.82, 2.24) is 4.98 Å². The summed E-state index contributed by atoms with van der Waals surface area (Å²) in [6.07, 6.45) is 0. The molecule has 2 heterocycles. The quantitative estimate of drug-likeness (QED) is 0.0837. The predicted octanol–water partition coefficient (Wildman–Crippen LogP) is 7.78. The molecule has 0 aliphatic carbocycles. The molecule has 0 saturated heterocycles. The van der Waals surface area contributed by atoms with Gasteiger partial charge in [0, 0.05) is 47.4 Å². The van der Waals surface area contributed by atoms with Crippen LogP contribution in [0.4, 0.5) is 5.69 Å². The van der Waals surface area contributed by atoms with Crippen molar-refractivity contribution in [3.63, 3.8) is 0 Å². The monoisotopic (exact) mass is 834 g/mol. The van der Waals surface area contributed by atoms with E-state index in [1.165, 1.54) is 35.6 Å². The fourth-order valence-corrected chi connectivity index (χ4v) is 8.58. The Kier molecular flexibility index (Phi) is 10.1. The van der Waals surface area contributed by atoms with Crippen molar-refractivity contribution < 1.29 is 48.1 Å². The first kappa shape index (κ1) is 38.8. The molecule has 0 radical (unpaired) electrons. The van der Waals surface area contributed by atoms with Crippen LogP contribution < -0.4 is 15.3 Å². The topological polar surface area (TPSA) is 219 Å². The summed E-state index contributed by atoms with van der Waals surface area (Å²) in [4.78, 5) is 18.6. The molecule has 14 nitrogen and oxygen atoms in total. The number of rotatable bonds is 11. The predicted molar refractivity (Wildman–Crippen MR) is 211 cm³/mol. The largest absolute Gasteiger partial charge is 0.456 e. The number of nitrogens with zero attached hydrogens (tertiary/aromatic N) is 2. The smallest absolute Gasteiger partial charge is 0.346 e. The molecule has 3 N–H and O–H groups in total. The number of ether oxygens (including phenoxy) is 1. The summed E-state index contributed by atoms with van der Waals surface area (Å²) in [6.45, 7) is 5.65. The van der Waals surface area contributed by atoms with Gasteiger partial charge in [-0.2, -0.15) is 25.3 Å². The molecule has 0 spiro atoms. The van der Waals surface area contributed by atoms with Crippen molar-refractivity contribution >= 4 is 68.6 Å². The molecule has 0 unspecified atom stereocenters. The van der Waals surface area contributed by atoms with E-state index in [2.05, 4.69) is 4.90 Å². The van der Waals surface area contributed by atoms with Crippen LogP contribution in [0.2, 0.25) is 0 Å². The molecule has 0 fully saturated rings. The van der Waals surface area contributed by atoms with Crippen LogP contribution in [0.5, 0.6) is 11.5 Å². The number of anilines is 1. The molecule has 5 aromatic carbocycles. The van der Waals surface area contributed by atoms with Crippen LogP contribution in [0.3, 0.4) is 0 Å². The zero-order valence-corrected chi connectivity index (χ0v) is 32.5. The second-order valence-electron chi connectivity index (χ2n) is 12.4. The van der Waals surface area contributed by atoms with E-state index in [0.717, 1.165) is 55.2 Å². The normalized spacial score (nSPS) is 12.3. The summed E-state index contributed by atoms with van der Waals surface area (Å²) < 4.78 is 114. The SMILES string of the molecule is CCN(CC)c1ccc2cc(-c3nc4cc(Oc5c(-c6ccc(S(=O)(=O)O)cc6)cc(S(=O)(=O)O)cc5-c5ccc(S(=O)(=O)O)cc5)ccc4s3)c(=O)oc2c1. The maximum absolute atomic E-state index is 13.2. The summed E-state index contributed by atoms with van der Waals surface area (Å²) in [5, 5.41) is 1.10. The van der Waals surface area contributed by atoms with Gasteiger partial charge in [0.1, 0.15) is 22.1 Å². The van der Waals surface area contributed by atoms with Gasteiger partial charge in [-0.1, -0.05) is 24.3 Å². The van der Waals surface area contributed by atoms with Crippen LogP contribution in [0.15, 0.2) is 127 Å². The molecule has 56 heavy (non-hydrogen) atoms. The Labute approximate surface area is 324 Å². The molecule has 18 heteroatoms. The van der Waals surface area contributed by atoms with Gasteiger partial charge in [-0.05, 0) is 91.7 Å². The standard InChI is InChI=1S/C38H30N2O12S4/c1-3-40(4-2)25-10-5-24-17-32(38(41)52-34(24)18-25)37-39-33-19-26(11-16-35(33)53-37)51-36-30(22-6-12-27(13-7-22)54(42,43)44)20-29(56(48,49)50)21-31(36)23-8-14-28(15-9-23)55(45,46)47/h5-21H,3-4H2,1-2H3,(H,42,43,44)(H,45,46,47)(H,48,49,50). The minimum atomic E-state index is -4.87. The molecule has 0 saturated carbocycles. The third kappa shape index (κ3) is 7.80. The second kappa shape index (κ2) is 14.6. The molecule has 7 aromatic rings. The average molecular weight is 835 g/mol. The van der Waals surface area contributed by atoms with E-state index in [9.17, 15) is 43.7 Å². The van der Waals surface area contributed by atoms with Crippen LogP contribution in [-0.4, -0.2) is 57.0 Å². The van der Waals surface area contributed by atoms with Crippen LogP contribution in [0.25, 0.3) is 54.0 Å². The van der Waals surface area contributed by atoms with Crippen LogP contribution in [0.1, 0.15) is 13.8 Å². The van der Waals surface area contributed by atoms with Gasteiger partial charge in [-0.3, -0.25) is 13.7 Å². The molecule has 2 aromatic heterocycles. The molecule has 288 valence electrons. The number of hydrogen-bond acceptors (Lipinski definition) is 12. The number of hydrogen-bond donors (Lipinski definition) is 3. The van der Waals surface area contributed by atoms with Crippen LogP contribution in [-0.2, 0) is 30.4 Å². The first-order valence-corrected chi connectivity index (χ1v) is 21.8. The van der Waals surface area contributed by atoms with E-state index in [0.29, 0.717) is 26.2 Å². The maximum atomic E-state index is 13.2. The lowest BCUT2D eigenvalue weighted by atomic mass is 9.97. The third-order valence-corrected chi connectivity index (χ3v) is 12.6. The molecular formula is C38H30N2O12S4. The van der Waals surface area contributed by atoms with Gasteiger partial charge >= 0.3 is 5.63 Å². The van der Waals surface area contributed by atoms with Crippen molar-refractivity contribution in [1.29, 1.82) is 0 Å². The van der Waals surface area contributed by atoms with Crippen molar-refractivity contribution in [3.05, 3.63) is 114 Å². The number of thiazole rings is 1. The van der Waals surface area contributed by atoms with Gasteiger partial charge in [0.25, 0.3) is 30.4 Å². The fraction of sp³-hybridized carbons (Fsp3) is 0.105. The van der Waals surface area contributed by atoms with Gasteiger partial charge in [-0.25, -0.2) is 9.78 Å². The van der Waals surface area contributed by atoms with Gasteiger partial charge < -0.3 is 14.1 Å². The van der Waals surface area contributed by atoms with E-state index in [1.807, 2.05) is 32.0 Å². The fourth-order valence-electron chi connectivity index (χ4n) is 6.14. The van der Waals surface area contributed by atoms with Gasteiger partial charge in [-0.15, -0.1) is 11.3 Å². The molecule has 0 atom stereocenters. The molecule has 0 amide bonds. The Morgan fingerprint density at radius 3 is 1.73 bits per heavy atom. The van der Waals surface area contributed by atoms with E-state index in [1.54, 1.807) is 24.3 Å². The molecule has 0 aliphatic heterocycles. The highest BCUT2D eigenvalue weighted by atomic mass is 32.2. The van der Waals surface area contributed by atoms with Gasteiger partial charge in [0.05, 0.1) is 30.5 Å². The molecule has 0 bridgehead atoms. The zero-order valence-electron chi connectivity index (χ0n) is 29.3. The zero-order chi connectivity index (χ0) is 40.2. The lowest BCUT2D eigenvalue weighted by Gasteiger charge is -2.20. The highest BCUT2D eigenvalue weighted by Crippen LogP contribution is 2.45. The summed E-state index contributed by atoms with van der Waals surface area (Å²) in [5.74, 6) is 0.181. The van der Waals surface area contributed by atoms with Crippen LogP contribution in [0, 0.1) is 0 Å². The Hall–Kier alpha value is -5.47. The number of aromatic nitrogens is 1. The first-order valence-electron chi connectivity index (χ1n) is 16.7. The molecular weight excluding hydrogens is 805 g/mol. The van der Waals surface area contributed by atoms with Crippen LogP contribution >= 0.6 is 11.3 Å². The average Bonchev–Trinajstić information content (AvgIpc) is 3.57. The Bertz CT molecular complexity index is 2970. The van der Waals surface area contributed by atoms with Crippen molar-refractivity contribution in [2.75, 3.05) is 18.0 Å². The molecule has 7 rings (SSSR count). The summed E-state index contributed by atoms with van der Waals surface area (Å²) in [7, 11) is -14.0. The minimum Gasteiger partial charge on any atom is -0.456 e. The van der Waals surface area contributed by atoms with Crippen molar-refractivity contribution in [2.24, 2.45) is 0 Å². The second-order valence-corrected chi connectivity index (χ2v) is 17.7. The van der Waals surface area contributed by atoms with Crippen molar-refractivity contribution in [3.8, 4) is 44.3 Å². The Morgan fingerprint density at radius 2 is 1.21 bits per heavy atom. The lowest BCUT2D eigenvalue weighted by Crippen LogP contribution is -2.21. The summed E-state index contributed by atoms with van der Waals surface area (Å²) in [6, 6.07) is 24.0. The number of fused-ring (bicyclic) bond motifs is 2.